The summed E-state index contributed by atoms with van der Waals surface area (Å²) in [6.07, 6.45) is 2.01. The van der Waals surface area contributed by atoms with Crippen LogP contribution >= 0.6 is 11.6 Å². The SMILES string of the molecule is O=C1CCCC2=C1C(c1ccccc1Cl)N=C(Nc1nc3cc(F)ccc3o1)N2. The lowest BCUT2D eigenvalue weighted by atomic mass is 9.86. The van der Waals surface area contributed by atoms with Crippen molar-refractivity contribution >= 4 is 40.5 Å². The first-order valence-corrected chi connectivity index (χ1v) is 9.65. The Hall–Kier alpha value is -3.19. The molecule has 1 atom stereocenters. The molecule has 2 aliphatic rings. The number of allylic oxidation sites excluding steroid dienone is 1. The number of carbonyl (C=O) groups excluding carboxylic acids is 1. The molecule has 6 nitrogen and oxygen atoms in total. The second-order valence-electron chi connectivity index (χ2n) is 6.95. The van der Waals surface area contributed by atoms with Crippen molar-refractivity contribution in [3.8, 4) is 0 Å². The van der Waals surface area contributed by atoms with Crippen molar-refractivity contribution in [3.63, 3.8) is 0 Å². The Morgan fingerprint density at radius 1 is 1.21 bits per heavy atom. The molecule has 29 heavy (non-hydrogen) atoms. The lowest BCUT2D eigenvalue weighted by Gasteiger charge is -2.30. The van der Waals surface area contributed by atoms with E-state index in [1.165, 1.54) is 18.2 Å². The van der Waals surface area contributed by atoms with Crippen molar-refractivity contribution < 1.29 is 13.6 Å². The molecule has 0 saturated heterocycles. The van der Waals surface area contributed by atoms with Crippen molar-refractivity contribution in [3.05, 3.63) is 70.1 Å². The van der Waals surface area contributed by atoms with E-state index in [1.54, 1.807) is 6.07 Å². The van der Waals surface area contributed by atoms with E-state index < -0.39 is 6.04 Å². The highest BCUT2D eigenvalue weighted by Crippen LogP contribution is 2.38. The van der Waals surface area contributed by atoms with Crippen LogP contribution < -0.4 is 10.6 Å². The number of halogens is 2. The summed E-state index contributed by atoms with van der Waals surface area (Å²) in [5, 5.41) is 6.74. The van der Waals surface area contributed by atoms with Crippen LogP contribution in [0.3, 0.4) is 0 Å². The van der Waals surface area contributed by atoms with Crippen molar-refractivity contribution in [1.82, 2.24) is 10.3 Å². The van der Waals surface area contributed by atoms with Gasteiger partial charge < -0.3 is 9.73 Å². The largest absolute Gasteiger partial charge is 0.423 e. The zero-order valence-electron chi connectivity index (χ0n) is 15.2. The molecule has 2 N–H and O–H groups in total. The third-order valence-electron chi connectivity index (χ3n) is 5.03. The smallest absolute Gasteiger partial charge is 0.302 e. The normalized spacial score (nSPS) is 19.0. The predicted molar refractivity (Wildman–Crippen MR) is 108 cm³/mol. The molecule has 0 amide bonds. The molecule has 0 fully saturated rings. The van der Waals surface area contributed by atoms with Gasteiger partial charge in [-0.25, -0.2) is 9.38 Å². The van der Waals surface area contributed by atoms with Gasteiger partial charge in [-0.1, -0.05) is 29.8 Å². The van der Waals surface area contributed by atoms with Gasteiger partial charge in [0.15, 0.2) is 11.4 Å². The van der Waals surface area contributed by atoms with Crippen molar-refractivity contribution in [2.75, 3.05) is 5.32 Å². The van der Waals surface area contributed by atoms with Gasteiger partial charge in [0.05, 0.1) is 0 Å². The highest BCUT2D eigenvalue weighted by Gasteiger charge is 2.33. The minimum Gasteiger partial charge on any atom is -0.423 e. The lowest BCUT2D eigenvalue weighted by molar-refractivity contribution is -0.116. The third kappa shape index (κ3) is 3.27. The van der Waals surface area contributed by atoms with Crippen LogP contribution in [0.15, 0.2) is 63.1 Å². The average Bonchev–Trinajstić information content (AvgIpc) is 3.09. The zero-order valence-corrected chi connectivity index (χ0v) is 16.0. The van der Waals surface area contributed by atoms with Gasteiger partial charge >= 0.3 is 6.01 Å². The number of oxazole rings is 1. The number of carbonyl (C=O) groups is 1. The summed E-state index contributed by atoms with van der Waals surface area (Å²) < 4.78 is 19.0. The zero-order chi connectivity index (χ0) is 20.0. The Balaban J connectivity index is 1.53. The highest BCUT2D eigenvalue weighted by atomic mass is 35.5. The molecule has 1 aromatic heterocycles. The Bertz CT molecular complexity index is 1200. The quantitative estimate of drug-likeness (QED) is 0.638. The number of nitrogens with zero attached hydrogens (tertiary/aromatic N) is 2. The molecule has 0 bridgehead atoms. The second kappa shape index (κ2) is 7.00. The maximum Gasteiger partial charge on any atom is 0.302 e. The first-order chi connectivity index (χ1) is 14.1. The first kappa shape index (κ1) is 17.9. The molecule has 1 unspecified atom stereocenters. The number of fused-ring (bicyclic) bond motifs is 1. The number of aliphatic imine (C=N–C) groups is 1. The molecule has 146 valence electrons. The van der Waals surface area contributed by atoms with Gasteiger partial charge in [-0.05, 0) is 36.6 Å². The van der Waals surface area contributed by atoms with E-state index >= 15 is 0 Å². The number of anilines is 1. The van der Waals surface area contributed by atoms with Gasteiger partial charge in [0.1, 0.15) is 17.4 Å². The van der Waals surface area contributed by atoms with Crippen molar-refractivity contribution in [1.29, 1.82) is 0 Å². The van der Waals surface area contributed by atoms with Gasteiger partial charge in [0.2, 0.25) is 5.96 Å². The molecular formula is C21H16ClFN4O2. The Labute approximate surface area is 170 Å². The number of Topliss-reactive ketones (excluding diaryl/α,β-unsaturated/α-hetero) is 1. The molecule has 0 saturated carbocycles. The molecule has 8 heteroatoms. The molecular weight excluding hydrogens is 395 g/mol. The number of aromatic nitrogens is 1. The molecule has 3 aromatic rings. The van der Waals surface area contributed by atoms with Crippen LogP contribution in [0.25, 0.3) is 11.1 Å². The van der Waals surface area contributed by atoms with Crippen LogP contribution in [-0.2, 0) is 4.79 Å². The molecule has 0 spiro atoms. The van der Waals surface area contributed by atoms with Crippen LogP contribution in [0.5, 0.6) is 0 Å². The van der Waals surface area contributed by atoms with E-state index in [0.717, 1.165) is 24.1 Å². The minimum absolute atomic E-state index is 0.0730. The highest BCUT2D eigenvalue weighted by molar-refractivity contribution is 6.31. The summed E-state index contributed by atoms with van der Waals surface area (Å²) in [5.41, 5.74) is 3.10. The van der Waals surface area contributed by atoms with Gasteiger partial charge in [0, 0.05) is 28.8 Å². The third-order valence-corrected chi connectivity index (χ3v) is 5.38. The number of benzene rings is 2. The number of rotatable bonds is 2. The summed E-state index contributed by atoms with van der Waals surface area (Å²) in [7, 11) is 0. The molecule has 5 rings (SSSR count). The second-order valence-corrected chi connectivity index (χ2v) is 7.36. The Kier molecular flexibility index (Phi) is 4.32. The summed E-state index contributed by atoms with van der Waals surface area (Å²) in [5.74, 6) is 0.0824. The number of ketones is 1. The van der Waals surface area contributed by atoms with Crippen molar-refractivity contribution in [2.24, 2.45) is 4.99 Å². The standard InChI is InChI=1S/C21H16ClFN4O2/c22-13-5-2-1-4-12(13)19-18-14(6-3-7-16(18)28)24-20(26-19)27-21-25-15-10-11(23)8-9-17(15)29-21/h1-2,4-5,8-10,19H,3,6-7H2,(H2,24,25,26,27). The van der Waals surface area contributed by atoms with Gasteiger partial charge in [-0.3, -0.25) is 10.1 Å². The van der Waals surface area contributed by atoms with Gasteiger partial charge in [-0.2, -0.15) is 4.98 Å². The number of hydrogen-bond acceptors (Lipinski definition) is 6. The minimum atomic E-state index is -0.517. The summed E-state index contributed by atoms with van der Waals surface area (Å²) in [4.78, 5) is 21.6. The summed E-state index contributed by atoms with van der Waals surface area (Å²) >= 11 is 6.40. The van der Waals surface area contributed by atoms with Crippen LogP contribution in [0.2, 0.25) is 5.02 Å². The fourth-order valence-electron chi connectivity index (χ4n) is 3.72. The van der Waals surface area contributed by atoms with Gasteiger partial charge in [0.25, 0.3) is 0 Å². The van der Waals surface area contributed by atoms with Crippen LogP contribution in [0, 0.1) is 5.82 Å². The van der Waals surface area contributed by atoms with E-state index in [1.807, 2.05) is 18.2 Å². The maximum atomic E-state index is 13.4. The average molecular weight is 411 g/mol. The van der Waals surface area contributed by atoms with E-state index in [0.29, 0.717) is 34.1 Å². The van der Waals surface area contributed by atoms with Crippen LogP contribution in [-0.4, -0.2) is 16.7 Å². The summed E-state index contributed by atoms with van der Waals surface area (Å²) in [6, 6.07) is 11.2. The van der Waals surface area contributed by atoms with E-state index in [2.05, 4.69) is 20.6 Å². The maximum absolute atomic E-state index is 13.4. The monoisotopic (exact) mass is 410 g/mol. The Morgan fingerprint density at radius 3 is 2.93 bits per heavy atom. The lowest BCUT2D eigenvalue weighted by Crippen LogP contribution is -2.38. The fraction of sp³-hybridized carbons (Fsp3) is 0.190. The number of guanidine groups is 1. The van der Waals surface area contributed by atoms with Crippen LogP contribution in [0.1, 0.15) is 30.9 Å². The molecule has 1 aliphatic heterocycles. The topological polar surface area (TPSA) is 79.5 Å². The first-order valence-electron chi connectivity index (χ1n) is 9.27. The Morgan fingerprint density at radius 2 is 2.07 bits per heavy atom. The van der Waals surface area contributed by atoms with E-state index in [4.69, 9.17) is 16.0 Å². The van der Waals surface area contributed by atoms with Gasteiger partial charge in [-0.15, -0.1) is 0 Å². The molecule has 1 aliphatic carbocycles. The molecule has 2 heterocycles. The molecule has 2 aromatic carbocycles. The van der Waals surface area contributed by atoms with E-state index in [9.17, 15) is 9.18 Å². The van der Waals surface area contributed by atoms with Crippen LogP contribution in [0.4, 0.5) is 10.4 Å². The van der Waals surface area contributed by atoms with E-state index in [-0.39, 0.29) is 17.6 Å². The predicted octanol–water partition coefficient (Wildman–Crippen LogP) is 4.74. The van der Waals surface area contributed by atoms with Crippen molar-refractivity contribution in [2.45, 2.75) is 25.3 Å². The molecule has 0 radical (unpaired) electrons. The number of nitrogens with one attached hydrogen (secondary N) is 2. The number of hydrogen-bond donors (Lipinski definition) is 2. The fourth-order valence-corrected chi connectivity index (χ4v) is 3.96. The summed E-state index contributed by atoms with van der Waals surface area (Å²) in [6.45, 7) is 0.